The molecule has 3 rings (SSSR count). The van der Waals surface area contributed by atoms with Crippen molar-refractivity contribution in [2.75, 3.05) is 6.54 Å². The predicted octanol–water partition coefficient (Wildman–Crippen LogP) is 3.15. The fourth-order valence-electron chi connectivity index (χ4n) is 3.22. The van der Waals surface area contributed by atoms with E-state index < -0.39 is 23.2 Å². The molecule has 0 radical (unpaired) electrons. The van der Waals surface area contributed by atoms with Gasteiger partial charge in [0.05, 0.1) is 22.3 Å². The summed E-state index contributed by atoms with van der Waals surface area (Å²) in [7, 11) is 0. The molecular weight excluding hydrogens is 420 g/mol. The molecule has 0 amide bonds. The fraction of sp³-hybridized carbons (Fsp3) is 0.182. The number of aromatic nitrogens is 1. The average molecular weight is 440 g/mol. The molecule has 1 heterocycles. The van der Waals surface area contributed by atoms with Gasteiger partial charge in [-0.1, -0.05) is 19.1 Å². The number of benzene rings is 2. The number of aliphatic hydroxyl groups is 1. The summed E-state index contributed by atoms with van der Waals surface area (Å²) in [6.07, 6.45) is 2.17. The molecule has 6 nitrogen and oxygen atoms in total. The lowest BCUT2D eigenvalue weighted by atomic mass is 9.82. The van der Waals surface area contributed by atoms with Gasteiger partial charge in [-0.25, -0.2) is 13.8 Å². The van der Waals surface area contributed by atoms with Gasteiger partial charge in [0, 0.05) is 22.4 Å². The number of nitrogens with one attached hydrogen (secondary N) is 1. The van der Waals surface area contributed by atoms with E-state index in [1.807, 2.05) is 5.38 Å². The summed E-state index contributed by atoms with van der Waals surface area (Å²) in [5.74, 6) is -2.06. The molecule has 0 aliphatic rings. The van der Waals surface area contributed by atoms with Gasteiger partial charge in [0.2, 0.25) is 0 Å². The van der Waals surface area contributed by atoms with E-state index in [2.05, 4.69) is 16.0 Å². The molecule has 0 aliphatic carbocycles. The molecular formula is C22H20F2N5OS+. The smallest absolute Gasteiger partial charge is 0.188 e. The minimum absolute atomic E-state index is 0.0579. The van der Waals surface area contributed by atoms with Gasteiger partial charge in [0.15, 0.2) is 11.9 Å². The van der Waals surface area contributed by atoms with Crippen LogP contribution in [0.1, 0.15) is 29.0 Å². The number of rotatable bonds is 8. The number of halogens is 2. The van der Waals surface area contributed by atoms with Crippen LogP contribution in [0.3, 0.4) is 0 Å². The summed E-state index contributed by atoms with van der Waals surface area (Å²) < 4.78 is 28.5. The Kier molecular flexibility index (Phi) is 6.97. The third-order valence-corrected chi connectivity index (χ3v) is 6.04. The zero-order valence-electron chi connectivity index (χ0n) is 16.6. The van der Waals surface area contributed by atoms with Crippen molar-refractivity contribution in [3.8, 4) is 17.3 Å². The Hall–Kier alpha value is -3.32. The quantitative estimate of drug-likeness (QED) is 0.370. The highest BCUT2D eigenvalue weighted by Crippen LogP contribution is 2.39. The van der Waals surface area contributed by atoms with E-state index in [4.69, 9.17) is 10.7 Å². The van der Waals surface area contributed by atoms with E-state index in [1.165, 1.54) is 23.0 Å². The highest BCUT2D eigenvalue weighted by molar-refractivity contribution is 7.10. The molecule has 9 heteroatoms. The van der Waals surface area contributed by atoms with Crippen LogP contribution in [0.4, 0.5) is 8.78 Å². The molecule has 158 valence electrons. The Bertz CT molecular complexity index is 1140. The van der Waals surface area contributed by atoms with Crippen molar-refractivity contribution in [2.45, 2.75) is 18.4 Å². The highest BCUT2D eigenvalue weighted by atomic mass is 32.1. The van der Waals surface area contributed by atoms with Crippen molar-refractivity contribution in [2.24, 2.45) is 4.99 Å². The van der Waals surface area contributed by atoms with Crippen LogP contribution in [0.15, 0.2) is 52.8 Å². The van der Waals surface area contributed by atoms with Gasteiger partial charge < -0.3 is 10.4 Å². The van der Waals surface area contributed by atoms with Gasteiger partial charge in [0.1, 0.15) is 24.5 Å². The van der Waals surface area contributed by atoms with Crippen LogP contribution in [0.25, 0.3) is 11.3 Å². The summed E-state index contributed by atoms with van der Waals surface area (Å²) >= 11 is 1.30. The normalized spacial score (nSPS) is 14.2. The number of nitriles is 1. The summed E-state index contributed by atoms with van der Waals surface area (Å²) in [4.78, 5) is 8.24. The predicted molar refractivity (Wildman–Crippen MR) is 115 cm³/mol. The van der Waals surface area contributed by atoms with Crippen molar-refractivity contribution in [3.05, 3.63) is 75.6 Å². The van der Waals surface area contributed by atoms with Crippen LogP contribution in [0.5, 0.6) is 0 Å². The zero-order chi connectivity index (χ0) is 22.4. The van der Waals surface area contributed by atoms with Crippen LogP contribution in [-0.4, -0.2) is 29.3 Å². The standard InChI is InChI=1S/C22H19F2N5OS/c1-14(21-29-20(10-31-21)16-4-2-15(9-25)3-5-16)22(30,11-27-13-28-12-26)18-8-17(23)6-7-19(18)24/h2-8,10,12-14,30H,11H2,1H3,(H2,26,27,28)/p+1/t14-,22+/m0/s1. The molecule has 0 unspecified atom stereocenters. The molecule has 0 saturated heterocycles. The Labute approximate surface area is 182 Å². The van der Waals surface area contributed by atoms with E-state index in [1.54, 1.807) is 31.2 Å². The molecule has 0 spiro atoms. The lowest BCUT2D eigenvalue weighted by molar-refractivity contribution is -0.552. The van der Waals surface area contributed by atoms with Crippen LogP contribution >= 0.6 is 11.3 Å². The van der Waals surface area contributed by atoms with E-state index in [-0.39, 0.29) is 12.1 Å². The maximum atomic E-state index is 14.6. The van der Waals surface area contributed by atoms with Gasteiger partial charge in [-0.2, -0.15) is 10.3 Å². The summed E-state index contributed by atoms with van der Waals surface area (Å²) in [5, 5.41) is 31.3. The van der Waals surface area contributed by atoms with E-state index in [0.717, 1.165) is 30.1 Å². The van der Waals surface area contributed by atoms with Gasteiger partial charge in [0.25, 0.3) is 0 Å². The minimum Gasteiger partial charge on any atom is -0.378 e. The molecule has 2 atom stereocenters. The Balaban J connectivity index is 1.98. The van der Waals surface area contributed by atoms with Crippen molar-refractivity contribution >= 4 is 24.0 Å². The molecule has 0 aliphatic heterocycles. The lowest BCUT2D eigenvalue weighted by Crippen LogP contribution is -2.86. The zero-order valence-corrected chi connectivity index (χ0v) is 17.4. The van der Waals surface area contributed by atoms with Crippen molar-refractivity contribution in [1.82, 2.24) is 4.98 Å². The first-order valence-corrected chi connectivity index (χ1v) is 10.2. The number of nitrogens with zero attached hydrogens (tertiary/aromatic N) is 3. The van der Waals surface area contributed by atoms with Gasteiger partial charge >= 0.3 is 0 Å². The largest absolute Gasteiger partial charge is 0.378 e. The first kappa shape index (κ1) is 22.4. The number of thiazole rings is 1. The average Bonchev–Trinajstić information content (AvgIpc) is 3.28. The number of aliphatic imine (C=N–C) groups is 1. The third-order valence-electron chi connectivity index (χ3n) is 5.01. The van der Waals surface area contributed by atoms with E-state index >= 15 is 0 Å². The Morgan fingerprint density at radius 3 is 2.74 bits per heavy atom. The van der Waals surface area contributed by atoms with E-state index in [0.29, 0.717) is 16.3 Å². The van der Waals surface area contributed by atoms with Gasteiger partial charge in [-0.05, 0) is 30.3 Å². The third kappa shape index (κ3) is 4.88. The first-order valence-electron chi connectivity index (χ1n) is 9.37. The second-order valence-electron chi connectivity index (χ2n) is 6.90. The number of quaternary nitrogens is 1. The van der Waals surface area contributed by atoms with Gasteiger partial charge in [-0.15, -0.1) is 11.3 Å². The van der Waals surface area contributed by atoms with Crippen molar-refractivity contribution in [1.29, 1.82) is 10.7 Å². The number of nitrogens with two attached hydrogens (primary N) is 1. The van der Waals surface area contributed by atoms with Crippen LogP contribution in [-0.2, 0) is 5.60 Å². The summed E-state index contributed by atoms with van der Waals surface area (Å²) in [6, 6.07) is 12.0. The molecule has 31 heavy (non-hydrogen) atoms. The molecule has 4 N–H and O–H groups in total. The Morgan fingerprint density at radius 1 is 1.32 bits per heavy atom. The monoisotopic (exact) mass is 440 g/mol. The topological polar surface area (TPSA) is 110 Å². The molecule has 1 aromatic heterocycles. The molecule has 0 bridgehead atoms. The molecule has 2 aromatic carbocycles. The van der Waals surface area contributed by atoms with Gasteiger partial charge in [-0.3, -0.25) is 5.41 Å². The minimum atomic E-state index is -1.79. The maximum absolute atomic E-state index is 14.6. The molecule has 0 saturated carbocycles. The summed E-state index contributed by atoms with van der Waals surface area (Å²) in [6.45, 7) is 1.64. The van der Waals surface area contributed by atoms with Crippen LogP contribution in [0, 0.1) is 28.4 Å². The SMILES string of the molecule is C[C@@H](c1nc(-c2ccc(C#N)cc2)cs1)[C@](O)(C[NH2+]C=NC=N)c1cc(F)ccc1F. The fourth-order valence-corrected chi connectivity index (χ4v) is 4.20. The number of hydrogen-bond donors (Lipinski definition) is 3. The van der Waals surface area contributed by atoms with E-state index in [9.17, 15) is 13.9 Å². The molecule has 3 aromatic rings. The summed E-state index contributed by atoms with van der Waals surface area (Å²) in [5.41, 5.74) is 0.0342. The number of hydrogen-bond acceptors (Lipinski definition) is 5. The highest BCUT2D eigenvalue weighted by Gasteiger charge is 2.42. The maximum Gasteiger partial charge on any atom is 0.188 e. The lowest BCUT2D eigenvalue weighted by Gasteiger charge is -2.31. The Morgan fingerprint density at radius 2 is 2.06 bits per heavy atom. The van der Waals surface area contributed by atoms with Crippen LogP contribution in [0.2, 0.25) is 0 Å². The molecule has 0 fully saturated rings. The second kappa shape index (κ2) is 9.66. The van der Waals surface area contributed by atoms with Crippen molar-refractivity contribution < 1.29 is 19.2 Å². The second-order valence-corrected chi connectivity index (χ2v) is 7.79. The van der Waals surface area contributed by atoms with Crippen LogP contribution < -0.4 is 5.32 Å². The first-order chi connectivity index (χ1) is 14.9. The van der Waals surface area contributed by atoms with Crippen molar-refractivity contribution in [3.63, 3.8) is 0 Å².